The fourth-order valence-corrected chi connectivity index (χ4v) is 8.58. The minimum atomic E-state index is -0.576. The molecule has 1 aliphatic carbocycles. The van der Waals surface area contributed by atoms with Crippen molar-refractivity contribution in [3.8, 4) is 0 Å². The molecule has 6 heteroatoms. The molecule has 6 nitrogen and oxygen atoms in total. The van der Waals surface area contributed by atoms with Crippen molar-refractivity contribution in [3.05, 3.63) is 24.3 Å². The Morgan fingerprint density at radius 1 is 0.796 bits per heavy atom. The van der Waals surface area contributed by atoms with Gasteiger partial charge in [0.1, 0.15) is 6.10 Å². The molecule has 286 valence electrons. The zero-order valence-electron chi connectivity index (χ0n) is 33.0. The second-order valence-electron chi connectivity index (χ2n) is 15.0. The summed E-state index contributed by atoms with van der Waals surface area (Å²) >= 11 is 0. The van der Waals surface area contributed by atoms with Gasteiger partial charge in [-0.15, -0.1) is 0 Å². The lowest BCUT2D eigenvalue weighted by atomic mass is 9.66. The predicted molar refractivity (Wildman–Crippen MR) is 204 cm³/mol. The van der Waals surface area contributed by atoms with Gasteiger partial charge in [-0.1, -0.05) is 137 Å². The number of aliphatic hydroxyl groups excluding tert-OH is 2. The minimum absolute atomic E-state index is 0.0873. The van der Waals surface area contributed by atoms with Crippen LogP contribution in [0.3, 0.4) is 0 Å². The molecule has 0 spiro atoms. The number of unbranched alkanes of at least 4 members (excludes halogenated alkanes) is 4. The van der Waals surface area contributed by atoms with Crippen molar-refractivity contribution in [2.24, 2.45) is 41.4 Å². The number of carbonyl (C=O) groups is 2. The average Bonchev–Trinajstić information content (AvgIpc) is 3.39. The Bertz CT molecular complexity index is 914. The Morgan fingerprint density at radius 3 is 2.10 bits per heavy atom. The van der Waals surface area contributed by atoms with E-state index in [-0.39, 0.29) is 29.9 Å². The van der Waals surface area contributed by atoms with E-state index >= 15 is 0 Å². The second kappa shape index (κ2) is 27.1. The van der Waals surface area contributed by atoms with Gasteiger partial charge in [0.15, 0.2) is 0 Å². The minimum Gasteiger partial charge on any atom is -0.466 e. The van der Waals surface area contributed by atoms with E-state index in [9.17, 15) is 19.8 Å². The van der Waals surface area contributed by atoms with Crippen LogP contribution in [0.5, 0.6) is 0 Å². The first-order chi connectivity index (χ1) is 23.6. The van der Waals surface area contributed by atoms with Crippen molar-refractivity contribution in [2.45, 2.75) is 189 Å². The summed E-state index contributed by atoms with van der Waals surface area (Å²) in [5.41, 5.74) is 0. The van der Waals surface area contributed by atoms with E-state index in [0.29, 0.717) is 38.7 Å². The molecule has 49 heavy (non-hydrogen) atoms. The van der Waals surface area contributed by atoms with Crippen LogP contribution in [0.15, 0.2) is 24.3 Å². The molecular formula is C43H78O6. The molecular weight excluding hydrogens is 612 g/mol. The van der Waals surface area contributed by atoms with Crippen molar-refractivity contribution in [2.75, 3.05) is 6.61 Å². The third kappa shape index (κ3) is 16.9. The van der Waals surface area contributed by atoms with Gasteiger partial charge in [0.25, 0.3) is 0 Å². The van der Waals surface area contributed by atoms with Crippen molar-refractivity contribution in [1.82, 2.24) is 0 Å². The number of aliphatic hydroxyl groups is 2. The number of carbonyl (C=O) groups excluding carboxylic acids is 2. The van der Waals surface area contributed by atoms with Gasteiger partial charge in [0.05, 0.1) is 18.8 Å². The average molecular weight is 691 g/mol. The zero-order chi connectivity index (χ0) is 36.6. The number of esters is 2. The highest BCUT2D eigenvalue weighted by Crippen LogP contribution is 2.42. The van der Waals surface area contributed by atoms with E-state index in [1.54, 1.807) is 6.92 Å². The lowest BCUT2D eigenvalue weighted by Gasteiger charge is -2.39. The van der Waals surface area contributed by atoms with Crippen LogP contribution in [0.2, 0.25) is 0 Å². The molecule has 1 saturated carbocycles. The number of allylic oxidation sites excluding steroid dienone is 2. The molecule has 1 rings (SSSR count). The first-order valence-corrected chi connectivity index (χ1v) is 20.7. The Balaban J connectivity index is 2.50. The smallest absolute Gasteiger partial charge is 0.305 e. The van der Waals surface area contributed by atoms with Crippen LogP contribution in [0.4, 0.5) is 0 Å². The van der Waals surface area contributed by atoms with Gasteiger partial charge in [-0.2, -0.15) is 0 Å². The topological polar surface area (TPSA) is 93.1 Å². The normalized spacial score (nSPS) is 23.4. The monoisotopic (exact) mass is 691 g/mol. The SMILES string of the molecule is CCCCC[C@H](O)/C=C/[C@@H]1[C@@H](C/C=C\CCCC(=O)OCCCCC(CC)C(CC)C(CC)C(CC)C(C)CC)[C@@H](O)C[C@H]1OC(=O)CC. The fourth-order valence-electron chi connectivity index (χ4n) is 8.58. The summed E-state index contributed by atoms with van der Waals surface area (Å²) < 4.78 is 11.3. The summed E-state index contributed by atoms with van der Waals surface area (Å²) in [6.07, 6.45) is 23.1. The number of ether oxygens (including phenoxy) is 2. The van der Waals surface area contributed by atoms with Crippen LogP contribution < -0.4 is 0 Å². The van der Waals surface area contributed by atoms with E-state index in [1.165, 1.54) is 38.5 Å². The van der Waals surface area contributed by atoms with E-state index < -0.39 is 12.2 Å². The van der Waals surface area contributed by atoms with Gasteiger partial charge in [-0.05, 0) is 74.0 Å². The Labute approximate surface area is 302 Å². The quantitative estimate of drug-likeness (QED) is 0.0482. The van der Waals surface area contributed by atoms with Crippen LogP contribution >= 0.6 is 0 Å². The summed E-state index contributed by atoms with van der Waals surface area (Å²) in [6, 6.07) is 0. The Kier molecular flexibility index (Phi) is 25.0. The maximum absolute atomic E-state index is 12.4. The number of hydrogen-bond acceptors (Lipinski definition) is 6. The van der Waals surface area contributed by atoms with Crippen molar-refractivity contribution >= 4 is 11.9 Å². The van der Waals surface area contributed by atoms with Gasteiger partial charge < -0.3 is 19.7 Å². The molecule has 5 unspecified atom stereocenters. The molecule has 10 atom stereocenters. The molecule has 0 aromatic carbocycles. The lowest BCUT2D eigenvalue weighted by molar-refractivity contribution is -0.150. The van der Waals surface area contributed by atoms with Gasteiger partial charge in [-0.3, -0.25) is 9.59 Å². The van der Waals surface area contributed by atoms with Crippen LogP contribution in [0.1, 0.15) is 171 Å². The Hall–Kier alpha value is -1.66. The van der Waals surface area contributed by atoms with Crippen LogP contribution in [0, 0.1) is 41.4 Å². The largest absolute Gasteiger partial charge is 0.466 e. The molecule has 0 heterocycles. The molecule has 2 N–H and O–H groups in total. The third-order valence-electron chi connectivity index (χ3n) is 11.7. The summed E-state index contributed by atoms with van der Waals surface area (Å²) in [5.74, 6) is 3.29. The highest BCUT2D eigenvalue weighted by Gasteiger charge is 2.42. The number of rotatable bonds is 28. The molecule has 0 aromatic heterocycles. The van der Waals surface area contributed by atoms with Gasteiger partial charge >= 0.3 is 11.9 Å². The van der Waals surface area contributed by atoms with Crippen LogP contribution in [-0.4, -0.2) is 47.1 Å². The fraction of sp³-hybridized carbons (Fsp3) is 0.860. The highest BCUT2D eigenvalue weighted by atomic mass is 16.5. The van der Waals surface area contributed by atoms with Crippen molar-refractivity contribution < 1.29 is 29.3 Å². The summed E-state index contributed by atoms with van der Waals surface area (Å²) in [6.45, 7) is 18.7. The molecule has 0 saturated heterocycles. The summed E-state index contributed by atoms with van der Waals surface area (Å²) in [4.78, 5) is 24.5. The summed E-state index contributed by atoms with van der Waals surface area (Å²) in [7, 11) is 0. The maximum Gasteiger partial charge on any atom is 0.305 e. The standard InChI is InChI=1S/C43H78O6/c1-9-16-19-25-34(44)28-29-39-38(40(45)31-41(39)49-42(46)15-7)26-20-17-18-21-27-43(47)48-30-23-22-24-33(11-3)36(13-5)37(14-6)35(12-4)32(8)10-2/h17,20,28-29,32-41,44-45H,9-16,18-19,21-27,30-31H2,1-8H3/b20-17-,29-28+/t32?,33?,34-,35?,36?,37?,38+,39+,40-,41+/m0/s1. The molecule has 0 amide bonds. The second-order valence-corrected chi connectivity index (χ2v) is 15.0. The van der Waals surface area contributed by atoms with Gasteiger partial charge in [-0.25, -0.2) is 0 Å². The highest BCUT2D eigenvalue weighted by molar-refractivity contribution is 5.69. The van der Waals surface area contributed by atoms with Crippen LogP contribution in [-0.2, 0) is 19.1 Å². The number of hydrogen-bond donors (Lipinski definition) is 2. The van der Waals surface area contributed by atoms with E-state index in [2.05, 4.69) is 60.6 Å². The van der Waals surface area contributed by atoms with Gasteiger partial charge in [0.2, 0.25) is 0 Å². The molecule has 0 radical (unpaired) electrons. The van der Waals surface area contributed by atoms with Gasteiger partial charge in [0, 0.05) is 25.2 Å². The first kappa shape index (κ1) is 45.4. The molecule has 1 fully saturated rings. The zero-order valence-corrected chi connectivity index (χ0v) is 33.0. The van der Waals surface area contributed by atoms with E-state index in [1.807, 2.05) is 12.2 Å². The van der Waals surface area contributed by atoms with Crippen LogP contribution in [0.25, 0.3) is 0 Å². The van der Waals surface area contributed by atoms with Crippen molar-refractivity contribution in [3.63, 3.8) is 0 Å². The third-order valence-corrected chi connectivity index (χ3v) is 11.7. The maximum atomic E-state index is 12.4. The summed E-state index contributed by atoms with van der Waals surface area (Å²) in [5, 5.41) is 21.3. The Morgan fingerprint density at radius 2 is 1.49 bits per heavy atom. The first-order valence-electron chi connectivity index (χ1n) is 20.7. The van der Waals surface area contributed by atoms with E-state index in [4.69, 9.17) is 9.47 Å². The molecule has 1 aliphatic rings. The van der Waals surface area contributed by atoms with Crippen molar-refractivity contribution in [1.29, 1.82) is 0 Å². The predicted octanol–water partition coefficient (Wildman–Crippen LogP) is 10.8. The molecule has 0 aromatic rings. The molecule has 0 aliphatic heterocycles. The lowest BCUT2D eigenvalue weighted by Crippen LogP contribution is -2.31. The molecule has 0 bridgehead atoms. The van der Waals surface area contributed by atoms with E-state index in [0.717, 1.165) is 74.5 Å².